The van der Waals surface area contributed by atoms with Gasteiger partial charge in [-0.3, -0.25) is 0 Å². The van der Waals surface area contributed by atoms with Crippen molar-refractivity contribution >= 4 is 16.0 Å². The van der Waals surface area contributed by atoms with Crippen molar-refractivity contribution in [2.45, 2.75) is 57.4 Å². The van der Waals surface area contributed by atoms with Crippen molar-refractivity contribution in [1.82, 2.24) is 29.3 Å². The van der Waals surface area contributed by atoms with Gasteiger partial charge in [0.15, 0.2) is 0 Å². The molecule has 158 valence electrons. The highest BCUT2D eigenvalue weighted by Gasteiger charge is 2.35. The maximum Gasteiger partial charge on any atom is 0.350 e. The van der Waals surface area contributed by atoms with Crippen molar-refractivity contribution in [3.63, 3.8) is 0 Å². The summed E-state index contributed by atoms with van der Waals surface area (Å²) in [5, 5.41) is 11.7. The van der Waals surface area contributed by atoms with E-state index in [0.29, 0.717) is 18.8 Å². The minimum absolute atomic E-state index is 0.0451. The molecule has 1 fully saturated rings. The van der Waals surface area contributed by atoms with Crippen LogP contribution in [0.3, 0.4) is 0 Å². The molecule has 1 saturated heterocycles. The zero-order chi connectivity index (χ0) is 20.8. The van der Waals surface area contributed by atoms with Gasteiger partial charge >= 0.3 is 5.76 Å². The van der Waals surface area contributed by atoms with Crippen molar-refractivity contribution in [1.29, 1.82) is 0 Å². The molecule has 3 heterocycles. The van der Waals surface area contributed by atoms with E-state index in [-0.39, 0.29) is 25.2 Å². The molecule has 0 saturated carbocycles. The minimum atomic E-state index is -4.52. The second kappa shape index (κ2) is 7.56. The molecule has 1 N–H and O–H groups in total. The lowest BCUT2D eigenvalue weighted by molar-refractivity contribution is 0.212. The summed E-state index contributed by atoms with van der Waals surface area (Å²) in [6.07, 6.45) is 4.19. The van der Waals surface area contributed by atoms with Gasteiger partial charge in [-0.15, -0.1) is 5.10 Å². The molecule has 2 aromatic rings. The van der Waals surface area contributed by atoms with Crippen LogP contribution in [0.4, 0.5) is 14.7 Å². The van der Waals surface area contributed by atoms with Crippen LogP contribution in [0.1, 0.15) is 44.0 Å². The first-order chi connectivity index (χ1) is 13.8. The number of nitrogens with zero attached hydrogens (tertiary/aromatic N) is 6. The molecule has 0 atom stereocenters. The van der Waals surface area contributed by atoms with Crippen molar-refractivity contribution in [2.24, 2.45) is 0 Å². The minimum Gasteiger partial charge on any atom is -0.351 e. The molecule has 0 unspecified atom stereocenters. The first kappa shape index (κ1) is 20.1. The van der Waals surface area contributed by atoms with Gasteiger partial charge in [0.2, 0.25) is 5.95 Å². The Morgan fingerprint density at radius 3 is 2.59 bits per heavy atom. The molecule has 0 bridgehead atoms. The Hall–Kier alpha value is -2.21. The number of aryl methyl sites for hydroxylation is 2. The molecule has 4 rings (SSSR count). The van der Waals surface area contributed by atoms with Crippen LogP contribution in [0.15, 0.2) is 6.20 Å². The summed E-state index contributed by atoms with van der Waals surface area (Å²) >= 11 is 0. The van der Waals surface area contributed by atoms with E-state index in [1.54, 1.807) is 6.20 Å². The van der Waals surface area contributed by atoms with E-state index in [1.165, 1.54) is 0 Å². The predicted octanol–water partition coefficient (Wildman–Crippen LogP) is 1.84. The standard InChI is InChI=1S/C17H23F2N7O2S/c1-10(2)26-15-13(23-24-26)4-3-11-9-20-17(22-14(11)15)21-12-5-7-25(8-6-12)29(27,28)16(18)19/h9-10,12,16H,3-8H2,1-2H3,(H,20,21,22). The lowest BCUT2D eigenvalue weighted by Gasteiger charge is -2.31. The average molecular weight is 427 g/mol. The van der Waals surface area contributed by atoms with Gasteiger partial charge in [-0.25, -0.2) is 23.1 Å². The molecule has 0 amide bonds. The van der Waals surface area contributed by atoms with Crippen molar-refractivity contribution < 1.29 is 17.2 Å². The Morgan fingerprint density at radius 2 is 1.93 bits per heavy atom. The lowest BCUT2D eigenvalue weighted by atomic mass is 9.97. The number of sulfonamides is 1. The fourth-order valence-corrected chi connectivity index (χ4v) is 4.71. The number of hydrogen-bond acceptors (Lipinski definition) is 7. The molecule has 9 nitrogen and oxygen atoms in total. The normalized spacial score (nSPS) is 18.1. The number of piperidine rings is 1. The molecule has 0 radical (unpaired) electrons. The van der Waals surface area contributed by atoms with Crippen LogP contribution in [0.25, 0.3) is 11.4 Å². The Labute approximate surface area is 167 Å². The van der Waals surface area contributed by atoms with Gasteiger partial charge in [-0.2, -0.15) is 13.1 Å². The number of halogens is 2. The van der Waals surface area contributed by atoms with E-state index >= 15 is 0 Å². The molecular weight excluding hydrogens is 404 g/mol. The highest BCUT2D eigenvalue weighted by molar-refractivity contribution is 7.89. The van der Waals surface area contributed by atoms with E-state index in [2.05, 4.69) is 25.6 Å². The third-order valence-corrected chi connectivity index (χ3v) is 6.88. The number of nitrogens with one attached hydrogen (secondary N) is 1. The Morgan fingerprint density at radius 1 is 1.21 bits per heavy atom. The Kier molecular flexibility index (Phi) is 5.23. The summed E-state index contributed by atoms with van der Waals surface area (Å²) in [6, 6.07) is 0.0538. The Bertz CT molecular complexity index is 1000. The van der Waals surface area contributed by atoms with E-state index in [4.69, 9.17) is 0 Å². The van der Waals surface area contributed by atoms with E-state index in [0.717, 1.165) is 39.8 Å². The predicted molar refractivity (Wildman–Crippen MR) is 102 cm³/mol. The second-order valence-electron chi connectivity index (χ2n) is 7.61. The lowest BCUT2D eigenvalue weighted by Crippen LogP contribution is -2.44. The SMILES string of the molecule is CC(C)n1nnc2c1-c1nc(NC3CCN(S(=O)(=O)C(F)F)CC3)ncc1CC2. The summed E-state index contributed by atoms with van der Waals surface area (Å²) < 4.78 is 51.3. The summed E-state index contributed by atoms with van der Waals surface area (Å²) in [7, 11) is -4.52. The zero-order valence-electron chi connectivity index (χ0n) is 16.2. The fourth-order valence-electron chi connectivity index (χ4n) is 3.77. The van der Waals surface area contributed by atoms with Crippen LogP contribution in [-0.2, 0) is 22.9 Å². The number of hydrogen-bond donors (Lipinski definition) is 1. The number of rotatable bonds is 5. The molecule has 0 spiro atoms. The smallest absolute Gasteiger partial charge is 0.350 e. The van der Waals surface area contributed by atoms with Gasteiger partial charge in [0, 0.05) is 31.4 Å². The molecule has 0 aromatic carbocycles. The maximum absolute atomic E-state index is 12.7. The Balaban J connectivity index is 1.50. The first-order valence-electron chi connectivity index (χ1n) is 9.61. The van der Waals surface area contributed by atoms with Gasteiger partial charge in [0.05, 0.1) is 11.4 Å². The summed E-state index contributed by atoms with van der Waals surface area (Å²) in [5.74, 6) is -2.95. The highest BCUT2D eigenvalue weighted by atomic mass is 32.2. The van der Waals surface area contributed by atoms with Crippen molar-refractivity contribution in [3.05, 3.63) is 17.5 Å². The molecule has 29 heavy (non-hydrogen) atoms. The second-order valence-corrected chi connectivity index (χ2v) is 9.52. The number of fused-ring (bicyclic) bond motifs is 3. The molecule has 1 aliphatic carbocycles. The maximum atomic E-state index is 12.7. The van der Waals surface area contributed by atoms with Gasteiger partial charge < -0.3 is 5.32 Å². The number of alkyl halides is 2. The average Bonchev–Trinajstić information content (AvgIpc) is 3.13. The zero-order valence-corrected chi connectivity index (χ0v) is 17.0. The molecule has 1 aliphatic heterocycles. The van der Waals surface area contributed by atoms with Crippen LogP contribution < -0.4 is 5.32 Å². The quantitative estimate of drug-likeness (QED) is 0.776. The van der Waals surface area contributed by atoms with Crippen molar-refractivity contribution in [2.75, 3.05) is 18.4 Å². The van der Waals surface area contributed by atoms with Crippen LogP contribution >= 0.6 is 0 Å². The summed E-state index contributed by atoms with van der Waals surface area (Å²) in [4.78, 5) is 9.07. The highest BCUT2D eigenvalue weighted by Crippen LogP contribution is 2.32. The fraction of sp³-hybridized carbons (Fsp3) is 0.647. The summed E-state index contributed by atoms with van der Waals surface area (Å²) in [6.45, 7) is 4.16. The summed E-state index contributed by atoms with van der Waals surface area (Å²) in [5.41, 5.74) is 3.66. The van der Waals surface area contributed by atoms with Gasteiger partial charge in [-0.05, 0) is 45.1 Å². The van der Waals surface area contributed by atoms with Crippen molar-refractivity contribution in [3.8, 4) is 11.4 Å². The van der Waals surface area contributed by atoms with E-state index in [1.807, 2.05) is 18.5 Å². The monoisotopic (exact) mass is 427 g/mol. The molecule has 12 heteroatoms. The largest absolute Gasteiger partial charge is 0.351 e. The van der Waals surface area contributed by atoms with Crippen LogP contribution in [0.2, 0.25) is 0 Å². The van der Waals surface area contributed by atoms with E-state index in [9.17, 15) is 17.2 Å². The van der Waals surface area contributed by atoms with Crippen LogP contribution in [0.5, 0.6) is 0 Å². The third kappa shape index (κ3) is 3.70. The number of aromatic nitrogens is 5. The van der Waals surface area contributed by atoms with Crippen LogP contribution in [0, 0.1) is 0 Å². The van der Waals surface area contributed by atoms with Crippen LogP contribution in [-0.4, -0.2) is 62.6 Å². The van der Waals surface area contributed by atoms with Gasteiger partial charge in [0.1, 0.15) is 5.69 Å². The molecule has 2 aromatic heterocycles. The van der Waals surface area contributed by atoms with Gasteiger partial charge in [0.25, 0.3) is 10.0 Å². The molecular formula is C17H23F2N7O2S. The number of anilines is 1. The molecule has 2 aliphatic rings. The third-order valence-electron chi connectivity index (χ3n) is 5.35. The first-order valence-corrected chi connectivity index (χ1v) is 11.1. The topological polar surface area (TPSA) is 106 Å². The van der Waals surface area contributed by atoms with E-state index < -0.39 is 15.8 Å². The van der Waals surface area contributed by atoms with Gasteiger partial charge in [-0.1, -0.05) is 5.21 Å².